The lowest BCUT2D eigenvalue weighted by Crippen LogP contribution is -2.44. The summed E-state index contributed by atoms with van der Waals surface area (Å²) in [5.74, 6) is -0.446. The molecule has 1 fully saturated rings. The van der Waals surface area contributed by atoms with Gasteiger partial charge < -0.3 is 21.1 Å². The Labute approximate surface area is 105 Å². The maximum atomic E-state index is 10.2. The number of halogens is 1. The van der Waals surface area contributed by atoms with Crippen LogP contribution in [0.25, 0.3) is 0 Å². The van der Waals surface area contributed by atoms with E-state index in [9.17, 15) is 15.3 Å². The number of aliphatic hydroxyl groups excluding tert-OH is 1. The zero-order chi connectivity index (χ0) is 12.8. The van der Waals surface area contributed by atoms with Crippen molar-refractivity contribution in [3.63, 3.8) is 0 Å². The molecule has 5 N–H and O–H groups in total. The summed E-state index contributed by atoms with van der Waals surface area (Å²) in [6.07, 6.45) is 1.09. The number of aliphatic hydroxyl groups is 1. The van der Waals surface area contributed by atoms with Crippen molar-refractivity contribution in [2.45, 2.75) is 31.4 Å². The van der Waals surface area contributed by atoms with Crippen molar-refractivity contribution >= 4 is 11.6 Å². The van der Waals surface area contributed by atoms with Gasteiger partial charge in [-0.25, -0.2) is 0 Å². The quantitative estimate of drug-likeness (QED) is 0.623. The fraction of sp³-hybridized carbons (Fsp3) is 0.500. The second-order valence-electron chi connectivity index (χ2n) is 4.91. The van der Waals surface area contributed by atoms with Gasteiger partial charge in [-0.2, -0.15) is 0 Å². The van der Waals surface area contributed by atoms with Gasteiger partial charge in [-0.15, -0.1) is 0 Å². The Hall–Kier alpha value is -0.970. The summed E-state index contributed by atoms with van der Waals surface area (Å²) in [6.45, 7) is 1.78. The Balaban J connectivity index is 2.33. The van der Waals surface area contributed by atoms with E-state index in [1.807, 2.05) is 0 Å². The Bertz CT molecular complexity index is 420. The zero-order valence-electron chi connectivity index (χ0n) is 9.52. The summed E-state index contributed by atoms with van der Waals surface area (Å²) in [5.41, 5.74) is 5.77. The molecule has 0 bridgehead atoms. The lowest BCUT2D eigenvalue weighted by Gasteiger charge is -2.31. The summed E-state index contributed by atoms with van der Waals surface area (Å²) in [5, 5.41) is 29.0. The Morgan fingerprint density at radius 3 is 2.47 bits per heavy atom. The molecule has 0 spiro atoms. The first-order chi connectivity index (χ1) is 7.84. The molecule has 4 nitrogen and oxygen atoms in total. The maximum Gasteiger partial charge on any atom is 0.176 e. The van der Waals surface area contributed by atoms with Gasteiger partial charge >= 0.3 is 0 Å². The number of phenolic OH excluding ortho intramolecular Hbond substituents is 2. The highest BCUT2D eigenvalue weighted by Crippen LogP contribution is 2.46. The molecule has 0 aliphatic heterocycles. The van der Waals surface area contributed by atoms with Crippen LogP contribution in [0.2, 0.25) is 5.02 Å². The number of aromatic hydroxyl groups is 2. The van der Waals surface area contributed by atoms with Crippen LogP contribution in [0, 0.1) is 5.92 Å². The maximum absolute atomic E-state index is 10.2. The second-order valence-corrected chi connectivity index (χ2v) is 5.32. The number of benzene rings is 1. The minimum Gasteiger partial charge on any atom is -0.504 e. The molecule has 1 aromatic rings. The highest BCUT2D eigenvalue weighted by molar-refractivity contribution is 6.32. The van der Waals surface area contributed by atoms with E-state index in [0.717, 1.165) is 12.8 Å². The third-order valence-electron chi connectivity index (χ3n) is 3.43. The van der Waals surface area contributed by atoms with Crippen LogP contribution in [-0.4, -0.2) is 20.9 Å². The molecule has 0 radical (unpaired) electrons. The zero-order valence-corrected chi connectivity index (χ0v) is 10.3. The number of nitrogens with two attached hydrogens (primary N) is 1. The van der Waals surface area contributed by atoms with Gasteiger partial charge in [-0.1, -0.05) is 11.6 Å². The molecule has 1 aliphatic rings. The van der Waals surface area contributed by atoms with Crippen molar-refractivity contribution in [3.05, 3.63) is 22.7 Å². The van der Waals surface area contributed by atoms with E-state index in [1.54, 1.807) is 6.92 Å². The molecular weight excluding hydrogens is 242 g/mol. The summed E-state index contributed by atoms with van der Waals surface area (Å²) in [7, 11) is 0. The number of rotatable bonds is 3. The van der Waals surface area contributed by atoms with Gasteiger partial charge in [0.15, 0.2) is 11.5 Å². The topological polar surface area (TPSA) is 86.7 Å². The molecule has 0 heterocycles. The van der Waals surface area contributed by atoms with Crippen molar-refractivity contribution in [1.29, 1.82) is 0 Å². The first-order valence-electron chi connectivity index (χ1n) is 5.52. The summed E-state index contributed by atoms with van der Waals surface area (Å²) >= 11 is 5.75. The van der Waals surface area contributed by atoms with Gasteiger partial charge in [-0.05, 0) is 43.4 Å². The Morgan fingerprint density at radius 2 is 2.00 bits per heavy atom. The molecule has 17 heavy (non-hydrogen) atoms. The van der Waals surface area contributed by atoms with Gasteiger partial charge in [-0.3, -0.25) is 0 Å². The number of hydrogen-bond acceptors (Lipinski definition) is 4. The number of hydrogen-bond donors (Lipinski definition) is 4. The normalized spacial score (nSPS) is 20.9. The molecule has 2 atom stereocenters. The average Bonchev–Trinajstić information content (AvgIpc) is 3.07. The van der Waals surface area contributed by atoms with E-state index in [-0.39, 0.29) is 22.4 Å². The summed E-state index contributed by atoms with van der Waals surface area (Å²) in [6, 6.07) is 2.72. The van der Waals surface area contributed by atoms with E-state index in [2.05, 4.69) is 0 Å². The van der Waals surface area contributed by atoms with Gasteiger partial charge in [0.2, 0.25) is 0 Å². The SMILES string of the molecule is CC(N)(C1CC1)C(O)c1cc(O)c(O)c(Cl)c1. The van der Waals surface area contributed by atoms with Crippen LogP contribution in [0.4, 0.5) is 0 Å². The van der Waals surface area contributed by atoms with Crippen molar-refractivity contribution < 1.29 is 15.3 Å². The monoisotopic (exact) mass is 257 g/mol. The van der Waals surface area contributed by atoms with Crippen LogP contribution in [0.15, 0.2) is 12.1 Å². The van der Waals surface area contributed by atoms with Gasteiger partial charge in [0, 0.05) is 5.54 Å². The summed E-state index contributed by atoms with van der Waals surface area (Å²) in [4.78, 5) is 0. The smallest absolute Gasteiger partial charge is 0.176 e. The van der Waals surface area contributed by atoms with Crippen molar-refractivity contribution in [2.24, 2.45) is 11.7 Å². The van der Waals surface area contributed by atoms with Crippen LogP contribution in [0.5, 0.6) is 11.5 Å². The fourth-order valence-corrected chi connectivity index (χ4v) is 2.27. The third kappa shape index (κ3) is 2.20. The predicted octanol–water partition coefficient (Wildman–Crippen LogP) is 1.91. The van der Waals surface area contributed by atoms with E-state index in [1.165, 1.54) is 12.1 Å². The molecule has 5 heteroatoms. The van der Waals surface area contributed by atoms with Crippen LogP contribution >= 0.6 is 11.6 Å². The molecule has 1 aromatic carbocycles. The molecule has 2 rings (SSSR count). The molecular formula is C12H16ClNO3. The Kier molecular flexibility index (Phi) is 2.97. The molecule has 0 amide bonds. The largest absolute Gasteiger partial charge is 0.504 e. The Morgan fingerprint density at radius 1 is 1.41 bits per heavy atom. The van der Waals surface area contributed by atoms with Crippen LogP contribution in [0.1, 0.15) is 31.4 Å². The molecule has 1 saturated carbocycles. The molecule has 0 aromatic heterocycles. The van der Waals surface area contributed by atoms with E-state index < -0.39 is 11.6 Å². The lowest BCUT2D eigenvalue weighted by molar-refractivity contribution is 0.0805. The predicted molar refractivity (Wildman–Crippen MR) is 65.1 cm³/mol. The lowest BCUT2D eigenvalue weighted by atomic mass is 9.86. The minimum absolute atomic E-state index is 0.00523. The summed E-state index contributed by atoms with van der Waals surface area (Å²) < 4.78 is 0. The van der Waals surface area contributed by atoms with Gasteiger partial charge in [0.1, 0.15) is 0 Å². The highest BCUT2D eigenvalue weighted by atomic mass is 35.5. The van der Waals surface area contributed by atoms with Crippen LogP contribution in [0.3, 0.4) is 0 Å². The molecule has 94 valence electrons. The average molecular weight is 258 g/mol. The molecule has 0 saturated heterocycles. The van der Waals surface area contributed by atoms with Crippen LogP contribution < -0.4 is 5.73 Å². The highest BCUT2D eigenvalue weighted by Gasteiger charge is 2.44. The van der Waals surface area contributed by atoms with Crippen molar-refractivity contribution in [3.8, 4) is 11.5 Å². The van der Waals surface area contributed by atoms with Gasteiger partial charge in [0.05, 0.1) is 11.1 Å². The van der Waals surface area contributed by atoms with Crippen LogP contribution in [-0.2, 0) is 0 Å². The fourth-order valence-electron chi connectivity index (χ4n) is 2.05. The van der Waals surface area contributed by atoms with E-state index >= 15 is 0 Å². The first-order valence-corrected chi connectivity index (χ1v) is 5.90. The first kappa shape index (κ1) is 12.5. The molecule has 1 aliphatic carbocycles. The number of phenols is 2. The molecule has 2 unspecified atom stereocenters. The van der Waals surface area contributed by atoms with Crippen molar-refractivity contribution in [2.75, 3.05) is 0 Å². The van der Waals surface area contributed by atoms with Gasteiger partial charge in [0.25, 0.3) is 0 Å². The van der Waals surface area contributed by atoms with E-state index in [0.29, 0.717) is 5.56 Å². The second kappa shape index (κ2) is 4.05. The standard InChI is InChI=1S/C12H16ClNO3/c1-12(14,7-2-3-7)11(17)6-4-8(13)10(16)9(15)5-6/h4-5,7,11,15-17H,2-3,14H2,1H3. The van der Waals surface area contributed by atoms with Crippen molar-refractivity contribution in [1.82, 2.24) is 0 Å². The van der Waals surface area contributed by atoms with E-state index in [4.69, 9.17) is 17.3 Å². The minimum atomic E-state index is -0.918. The third-order valence-corrected chi connectivity index (χ3v) is 3.72.